The second-order valence-electron chi connectivity index (χ2n) is 6.07. The van der Waals surface area contributed by atoms with Gasteiger partial charge in [-0.3, -0.25) is 4.79 Å². The molecule has 7 nitrogen and oxygen atoms in total. The number of hydrogen-bond acceptors (Lipinski definition) is 5. The molecule has 9 heteroatoms. The minimum absolute atomic E-state index is 0.0653. The van der Waals surface area contributed by atoms with Gasteiger partial charge in [-0.2, -0.15) is 13.9 Å². The highest BCUT2D eigenvalue weighted by atomic mass is 19.3. The van der Waals surface area contributed by atoms with Gasteiger partial charge in [-0.05, 0) is 36.2 Å². The molecule has 1 aliphatic heterocycles. The predicted molar refractivity (Wildman–Crippen MR) is 96.4 cm³/mol. The summed E-state index contributed by atoms with van der Waals surface area (Å²) < 4.78 is 34.2. The van der Waals surface area contributed by atoms with Crippen molar-refractivity contribution in [1.29, 1.82) is 0 Å². The van der Waals surface area contributed by atoms with Crippen LogP contribution >= 0.6 is 0 Å². The van der Waals surface area contributed by atoms with E-state index in [-0.39, 0.29) is 11.5 Å². The molecule has 2 aromatic carbocycles. The van der Waals surface area contributed by atoms with E-state index in [0.717, 1.165) is 5.01 Å². The van der Waals surface area contributed by atoms with E-state index in [1.54, 1.807) is 37.3 Å². The fourth-order valence-electron chi connectivity index (χ4n) is 2.78. The maximum absolute atomic E-state index is 12.8. The summed E-state index contributed by atoms with van der Waals surface area (Å²) in [6.07, 6.45) is 1.25. The quantitative estimate of drug-likeness (QED) is 0.608. The number of alkyl halides is 2. The highest BCUT2D eigenvalue weighted by Crippen LogP contribution is 2.30. The molecule has 0 saturated carbocycles. The number of hydrazone groups is 1. The smallest absolute Gasteiger partial charge is 0.387 e. The SMILES string of the molecule is COc1cc(/C=N\N2C(=O)N[C@@](C)(c3ccccc3)C2=O)ccc1OC(F)F. The van der Waals surface area contributed by atoms with Crippen LogP contribution in [0, 0.1) is 0 Å². The molecule has 28 heavy (non-hydrogen) atoms. The minimum Gasteiger partial charge on any atom is -0.493 e. The molecule has 0 spiro atoms. The molecule has 3 amide bonds. The summed E-state index contributed by atoms with van der Waals surface area (Å²) in [4.78, 5) is 25.0. The number of ether oxygens (including phenoxy) is 2. The van der Waals surface area contributed by atoms with Gasteiger partial charge in [-0.1, -0.05) is 30.3 Å². The number of hydrogen-bond donors (Lipinski definition) is 1. The summed E-state index contributed by atoms with van der Waals surface area (Å²) in [5.41, 5.74) is -0.184. The van der Waals surface area contributed by atoms with E-state index in [4.69, 9.17) is 4.74 Å². The van der Waals surface area contributed by atoms with Crippen LogP contribution in [0.3, 0.4) is 0 Å². The van der Waals surface area contributed by atoms with Gasteiger partial charge in [0.05, 0.1) is 13.3 Å². The normalized spacial score (nSPS) is 19.4. The lowest BCUT2D eigenvalue weighted by Gasteiger charge is -2.20. The Morgan fingerprint density at radius 1 is 1.14 bits per heavy atom. The van der Waals surface area contributed by atoms with E-state index in [2.05, 4.69) is 15.2 Å². The summed E-state index contributed by atoms with van der Waals surface area (Å²) in [6.45, 7) is -1.40. The van der Waals surface area contributed by atoms with E-state index in [1.165, 1.54) is 31.5 Å². The number of nitrogens with one attached hydrogen (secondary N) is 1. The molecule has 1 aliphatic rings. The number of urea groups is 1. The summed E-state index contributed by atoms with van der Waals surface area (Å²) in [5, 5.41) is 7.30. The Kier molecular flexibility index (Phi) is 5.25. The zero-order valence-corrected chi connectivity index (χ0v) is 15.1. The van der Waals surface area contributed by atoms with Crippen molar-refractivity contribution in [3.05, 3.63) is 59.7 Å². The van der Waals surface area contributed by atoms with Crippen LogP contribution < -0.4 is 14.8 Å². The van der Waals surface area contributed by atoms with E-state index in [1.807, 2.05) is 0 Å². The van der Waals surface area contributed by atoms with E-state index >= 15 is 0 Å². The molecule has 0 radical (unpaired) electrons. The molecule has 0 unspecified atom stereocenters. The van der Waals surface area contributed by atoms with Gasteiger partial charge in [0.1, 0.15) is 5.54 Å². The van der Waals surface area contributed by atoms with Crippen LogP contribution in [0.25, 0.3) is 0 Å². The average Bonchev–Trinajstić information content (AvgIpc) is 2.90. The van der Waals surface area contributed by atoms with Crippen molar-refractivity contribution < 1.29 is 27.8 Å². The monoisotopic (exact) mass is 389 g/mol. The third-order valence-corrected chi connectivity index (χ3v) is 4.25. The van der Waals surface area contributed by atoms with Crippen molar-refractivity contribution in [2.24, 2.45) is 5.10 Å². The van der Waals surface area contributed by atoms with Gasteiger partial charge in [0.2, 0.25) is 0 Å². The highest BCUT2D eigenvalue weighted by molar-refractivity contribution is 6.07. The van der Waals surface area contributed by atoms with Crippen LogP contribution in [0.2, 0.25) is 0 Å². The third kappa shape index (κ3) is 3.64. The second-order valence-corrected chi connectivity index (χ2v) is 6.07. The van der Waals surface area contributed by atoms with Gasteiger partial charge in [0, 0.05) is 0 Å². The van der Waals surface area contributed by atoms with Crippen LogP contribution in [0.4, 0.5) is 13.6 Å². The van der Waals surface area contributed by atoms with E-state index in [9.17, 15) is 18.4 Å². The maximum atomic E-state index is 12.8. The van der Waals surface area contributed by atoms with Gasteiger partial charge in [-0.25, -0.2) is 4.79 Å². The lowest BCUT2D eigenvalue weighted by Crippen LogP contribution is -2.40. The van der Waals surface area contributed by atoms with Crippen molar-refractivity contribution >= 4 is 18.2 Å². The number of benzene rings is 2. The van der Waals surface area contributed by atoms with Crippen molar-refractivity contribution in [3.63, 3.8) is 0 Å². The molecular weight excluding hydrogens is 372 g/mol. The number of nitrogens with zero attached hydrogens (tertiary/aromatic N) is 2. The van der Waals surface area contributed by atoms with E-state index < -0.39 is 24.1 Å². The summed E-state index contributed by atoms with van der Waals surface area (Å²) >= 11 is 0. The van der Waals surface area contributed by atoms with E-state index in [0.29, 0.717) is 11.1 Å². The van der Waals surface area contributed by atoms with Crippen molar-refractivity contribution in [3.8, 4) is 11.5 Å². The topological polar surface area (TPSA) is 80.2 Å². The van der Waals surface area contributed by atoms with Crippen molar-refractivity contribution in [1.82, 2.24) is 10.3 Å². The minimum atomic E-state index is -2.99. The molecule has 0 aliphatic carbocycles. The van der Waals surface area contributed by atoms with Gasteiger partial charge in [0.25, 0.3) is 5.91 Å². The van der Waals surface area contributed by atoms with Crippen molar-refractivity contribution in [2.75, 3.05) is 7.11 Å². The Bertz CT molecular complexity index is 921. The Morgan fingerprint density at radius 2 is 1.86 bits per heavy atom. The Labute approximate surface area is 159 Å². The van der Waals surface area contributed by atoms with Crippen LogP contribution in [-0.2, 0) is 10.3 Å². The van der Waals surface area contributed by atoms with Crippen LogP contribution in [0.15, 0.2) is 53.6 Å². The van der Waals surface area contributed by atoms with Crippen LogP contribution in [0.5, 0.6) is 11.5 Å². The largest absolute Gasteiger partial charge is 0.493 e. The molecule has 3 rings (SSSR count). The number of rotatable bonds is 6. The number of imide groups is 1. The number of carbonyl (C=O) groups is 2. The van der Waals surface area contributed by atoms with Gasteiger partial charge < -0.3 is 14.8 Å². The molecule has 1 saturated heterocycles. The first kappa shape index (κ1) is 19.3. The first-order valence-corrected chi connectivity index (χ1v) is 8.24. The summed E-state index contributed by atoms with van der Waals surface area (Å²) in [7, 11) is 1.30. The average molecular weight is 389 g/mol. The lowest BCUT2D eigenvalue weighted by molar-refractivity contribution is -0.131. The standard InChI is InChI=1S/C19H17F2N3O4/c1-19(13-6-4-3-5-7-13)16(25)24(18(26)23-19)22-11-12-8-9-14(28-17(20)21)15(10-12)27-2/h3-11,17H,1-2H3,(H,23,26)/b22-11-/t19-/m0/s1. The highest BCUT2D eigenvalue weighted by Gasteiger charge is 2.49. The molecular formula is C19H17F2N3O4. The fraction of sp³-hybridized carbons (Fsp3) is 0.211. The first-order chi connectivity index (χ1) is 13.3. The Morgan fingerprint density at radius 3 is 2.50 bits per heavy atom. The molecule has 1 N–H and O–H groups in total. The van der Waals surface area contributed by atoms with Crippen LogP contribution in [0.1, 0.15) is 18.1 Å². The predicted octanol–water partition coefficient (Wildman–Crippen LogP) is 3.10. The number of amides is 3. The zero-order valence-electron chi connectivity index (χ0n) is 15.1. The fourth-order valence-corrected chi connectivity index (χ4v) is 2.78. The first-order valence-electron chi connectivity index (χ1n) is 8.24. The molecule has 1 heterocycles. The Balaban J connectivity index is 1.83. The Hall–Kier alpha value is -3.49. The molecule has 146 valence electrons. The summed E-state index contributed by atoms with van der Waals surface area (Å²) in [5.74, 6) is -0.610. The zero-order chi connectivity index (χ0) is 20.3. The lowest BCUT2D eigenvalue weighted by atomic mass is 9.92. The number of carbonyl (C=O) groups excluding carboxylic acids is 2. The maximum Gasteiger partial charge on any atom is 0.387 e. The van der Waals surface area contributed by atoms with Gasteiger partial charge in [0.15, 0.2) is 11.5 Å². The molecule has 0 bridgehead atoms. The number of methoxy groups -OCH3 is 1. The number of halogens is 2. The molecule has 0 aromatic heterocycles. The second kappa shape index (κ2) is 7.63. The van der Waals surface area contributed by atoms with Gasteiger partial charge in [-0.15, -0.1) is 5.01 Å². The van der Waals surface area contributed by atoms with Crippen molar-refractivity contribution in [2.45, 2.75) is 19.1 Å². The molecule has 2 aromatic rings. The van der Waals surface area contributed by atoms with Crippen LogP contribution in [-0.4, -0.2) is 36.9 Å². The summed E-state index contributed by atoms with van der Waals surface area (Å²) in [6, 6.07) is 12.3. The molecule has 1 atom stereocenters. The third-order valence-electron chi connectivity index (χ3n) is 4.25. The molecule has 1 fully saturated rings. The van der Waals surface area contributed by atoms with Gasteiger partial charge >= 0.3 is 12.6 Å².